The molecule has 2 unspecified atom stereocenters. The van der Waals surface area contributed by atoms with E-state index in [-0.39, 0.29) is 24.5 Å². The lowest BCUT2D eigenvalue weighted by molar-refractivity contribution is -0.213. The number of carbonyl (C=O) groups is 5. The van der Waals surface area contributed by atoms with Crippen molar-refractivity contribution >= 4 is 29.3 Å². The zero-order chi connectivity index (χ0) is 37.0. The van der Waals surface area contributed by atoms with Gasteiger partial charge in [0.1, 0.15) is 0 Å². The monoisotopic (exact) mass is 695 g/mol. The summed E-state index contributed by atoms with van der Waals surface area (Å²) in [6, 6.07) is 22.6. The average Bonchev–Trinajstić information content (AvgIpc) is 3.08. The molecule has 0 bridgehead atoms. The quantitative estimate of drug-likeness (QED) is 0.134. The molecule has 3 aromatic rings. The molecule has 0 saturated carbocycles. The minimum Gasteiger partial charge on any atom is -0.382 e. The Bertz CT molecular complexity index is 1600. The molecule has 12 heteroatoms. The number of amides is 3. The van der Waals surface area contributed by atoms with Gasteiger partial charge in [-0.05, 0) is 35.4 Å². The Kier molecular flexibility index (Phi) is 14.4. The first kappa shape index (κ1) is 39.6. The number of halogens is 3. The molecule has 0 aliphatic heterocycles. The number of hydrogen-bond donors (Lipinski definition) is 4. The van der Waals surface area contributed by atoms with E-state index >= 15 is 0 Å². The summed E-state index contributed by atoms with van der Waals surface area (Å²) in [5.74, 6) is -5.43. The highest BCUT2D eigenvalue weighted by Gasteiger charge is 2.44. The van der Waals surface area contributed by atoms with Crippen LogP contribution >= 0.6 is 0 Å². The summed E-state index contributed by atoms with van der Waals surface area (Å²) in [5.41, 5.74) is 8.12. The van der Waals surface area contributed by atoms with Crippen LogP contribution in [-0.4, -0.2) is 58.8 Å². The van der Waals surface area contributed by atoms with Crippen molar-refractivity contribution in [1.82, 2.24) is 10.6 Å². The summed E-state index contributed by atoms with van der Waals surface area (Å²) in [4.78, 5) is 64.8. The first-order chi connectivity index (χ1) is 23.6. The SMILES string of the molecule is CC(C)[C@H](CC(=O)c1ccc(-c2ccccc2)cc1)C(=O)N[C@@H](Cc1ccccc1)C(=O)C[C@@H](C)C(=O)NC(CCC(N)=O)C(O)C(F)(F)F. The van der Waals surface area contributed by atoms with Crippen molar-refractivity contribution in [2.75, 3.05) is 0 Å². The second-order valence-corrected chi connectivity index (χ2v) is 12.9. The lowest BCUT2D eigenvalue weighted by Gasteiger charge is -2.27. The van der Waals surface area contributed by atoms with E-state index in [9.17, 15) is 42.3 Å². The predicted molar refractivity (Wildman–Crippen MR) is 182 cm³/mol. The summed E-state index contributed by atoms with van der Waals surface area (Å²) in [7, 11) is 0. The highest BCUT2D eigenvalue weighted by Crippen LogP contribution is 2.26. The zero-order valence-electron chi connectivity index (χ0n) is 28.3. The Morgan fingerprint density at radius 2 is 1.32 bits per heavy atom. The molecule has 0 fully saturated rings. The number of carbonyl (C=O) groups excluding carboxylic acids is 5. The van der Waals surface area contributed by atoms with Crippen LogP contribution in [0, 0.1) is 17.8 Å². The molecule has 50 heavy (non-hydrogen) atoms. The van der Waals surface area contributed by atoms with Crippen LogP contribution in [0.15, 0.2) is 84.9 Å². The zero-order valence-corrected chi connectivity index (χ0v) is 28.3. The number of ketones is 2. The van der Waals surface area contributed by atoms with Gasteiger partial charge in [0.15, 0.2) is 17.7 Å². The van der Waals surface area contributed by atoms with Crippen LogP contribution in [0.4, 0.5) is 13.2 Å². The molecule has 5 atom stereocenters. The molecule has 3 amide bonds. The second kappa shape index (κ2) is 18.2. The van der Waals surface area contributed by atoms with Crippen LogP contribution in [0.5, 0.6) is 0 Å². The Balaban J connectivity index is 1.74. The number of benzene rings is 3. The highest BCUT2D eigenvalue weighted by atomic mass is 19.4. The van der Waals surface area contributed by atoms with Crippen LogP contribution in [0.1, 0.15) is 62.4 Å². The Morgan fingerprint density at radius 3 is 1.86 bits per heavy atom. The van der Waals surface area contributed by atoms with Crippen molar-refractivity contribution in [2.45, 2.75) is 77.2 Å². The van der Waals surface area contributed by atoms with Crippen molar-refractivity contribution in [3.8, 4) is 11.1 Å². The predicted octanol–water partition coefficient (Wildman–Crippen LogP) is 5.19. The number of aliphatic hydroxyl groups is 1. The van der Waals surface area contributed by atoms with Crippen molar-refractivity contribution < 1.29 is 42.3 Å². The normalized spacial score (nSPS) is 14.6. The lowest BCUT2D eigenvalue weighted by Crippen LogP contribution is -2.52. The fourth-order valence-electron chi connectivity index (χ4n) is 5.50. The van der Waals surface area contributed by atoms with Crippen molar-refractivity contribution in [2.24, 2.45) is 23.5 Å². The van der Waals surface area contributed by atoms with Crippen LogP contribution in [-0.2, 0) is 25.6 Å². The van der Waals surface area contributed by atoms with Gasteiger partial charge in [-0.3, -0.25) is 24.0 Å². The van der Waals surface area contributed by atoms with Crippen LogP contribution in [0.25, 0.3) is 11.1 Å². The summed E-state index contributed by atoms with van der Waals surface area (Å²) in [6.07, 6.45) is -9.64. The number of rotatable bonds is 18. The van der Waals surface area contributed by atoms with Gasteiger partial charge in [0, 0.05) is 36.7 Å². The standard InChI is InChI=1S/C38H44F3N3O6/c1-23(2)29(22-32(45)28-16-14-27(15-17-28)26-12-8-5-9-13-26)37(50)44-31(21-25-10-6-4-7-11-25)33(46)20-24(3)36(49)43-30(18-19-34(42)47)35(48)38(39,40)41/h4-17,23-24,29-31,35,48H,18-22H2,1-3H3,(H2,42,47)(H,43,49)(H,44,50)/t24-,29+,30?,31+,35?/m1/s1. The molecule has 3 rings (SSSR count). The third kappa shape index (κ3) is 11.9. The summed E-state index contributed by atoms with van der Waals surface area (Å²) >= 11 is 0. The summed E-state index contributed by atoms with van der Waals surface area (Å²) in [6.45, 7) is 4.92. The van der Waals surface area contributed by atoms with E-state index in [0.29, 0.717) is 11.1 Å². The number of hydrogen-bond acceptors (Lipinski definition) is 6. The second-order valence-electron chi connectivity index (χ2n) is 12.9. The van der Waals surface area contributed by atoms with Gasteiger partial charge in [-0.1, -0.05) is 106 Å². The Labute approximate surface area is 289 Å². The van der Waals surface area contributed by atoms with Gasteiger partial charge in [0.25, 0.3) is 0 Å². The number of primary amides is 1. The number of nitrogens with two attached hydrogens (primary N) is 1. The van der Waals surface area contributed by atoms with Crippen molar-refractivity contribution in [3.63, 3.8) is 0 Å². The van der Waals surface area contributed by atoms with Gasteiger partial charge in [0.05, 0.1) is 12.1 Å². The number of Topliss-reactive ketones (excluding diaryl/α,β-unsaturated/α-hetero) is 2. The maximum absolute atomic E-state index is 13.7. The van der Waals surface area contributed by atoms with E-state index < -0.39 is 79.0 Å². The molecule has 5 N–H and O–H groups in total. The van der Waals surface area contributed by atoms with E-state index in [1.165, 1.54) is 6.92 Å². The van der Waals surface area contributed by atoms with Gasteiger partial charge in [-0.2, -0.15) is 13.2 Å². The fraction of sp³-hybridized carbons (Fsp3) is 0.395. The van der Waals surface area contributed by atoms with Crippen LogP contribution in [0.3, 0.4) is 0 Å². The Morgan fingerprint density at radius 1 is 0.760 bits per heavy atom. The first-order valence-corrected chi connectivity index (χ1v) is 16.5. The molecule has 0 aliphatic carbocycles. The molecule has 0 heterocycles. The number of alkyl halides is 3. The minimum absolute atomic E-state index is 0.0630. The van der Waals surface area contributed by atoms with E-state index in [0.717, 1.165) is 11.1 Å². The van der Waals surface area contributed by atoms with E-state index in [1.54, 1.807) is 56.3 Å². The number of nitrogens with one attached hydrogen (secondary N) is 2. The topological polar surface area (TPSA) is 156 Å². The van der Waals surface area contributed by atoms with Gasteiger partial charge < -0.3 is 21.5 Å². The molecule has 0 spiro atoms. The van der Waals surface area contributed by atoms with E-state index in [1.807, 2.05) is 42.5 Å². The molecule has 0 aliphatic rings. The summed E-state index contributed by atoms with van der Waals surface area (Å²) in [5, 5.41) is 14.7. The maximum atomic E-state index is 13.7. The van der Waals surface area contributed by atoms with Crippen molar-refractivity contribution in [3.05, 3.63) is 96.1 Å². The third-order valence-corrected chi connectivity index (χ3v) is 8.55. The minimum atomic E-state index is -5.08. The fourth-order valence-corrected chi connectivity index (χ4v) is 5.50. The average molecular weight is 696 g/mol. The van der Waals surface area contributed by atoms with Gasteiger partial charge in [0.2, 0.25) is 17.7 Å². The summed E-state index contributed by atoms with van der Waals surface area (Å²) < 4.78 is 39.8. The largest absolute Gasteiger partial charge is 0.416 e. The molecule has 9 nitrogen and oxygen atoms in total. The number of aliphatic hydroxyl groups excluding tert-OH is 1. The molecule has 0 aromatic heterocycles. The maximum Gasteiger partial charge on any atom is 0.416 e. The third-order valence-electron chi connectivity index (χ3n) is 8.55. The van der Waals surface area contributed by atoms with E-state index in [4.69, 9.17) is 5.73 Å². The molecular formula is C38H44F3N3O6. The first-order valence-electron chi connectivity index (χ1n) is 16.5. The molecule has 268 valence electrons. The van der Waals surface area contributed by atoms with E-state index in [2.05, 4.69) is 10.6 Å². The molecule has 0 saturated heterocycles. The smallest absolute Gasteiger partial charge is 0.382 e. The molecule has 0 radical (unpaired) electrons. The highest BCUT2D eigenvalue weighted by molar-refractivity contribution is 6.00. The molecule has 3 aromatic carbocycles. The Hall–Kier alpha value is -4.84. The van der Waals surface area contributed by atoms with Crippen LogP contribution < -0.4 is 16.4 Å². The van der Waals surface area contributed by atoms with Gasteiger partial charge >= 0.3 is 6.18 Å². The van der Waals surface area contributed by atoms with Gasteiger partial charge in [-0.25, -0.2) is 0 Å². The lowest BCUT2D eigenvalue weighted by atomic mass is 9.87. The molecular weight excluding hydrogens is 651 g/mol. The van der Waals surface area contributed by atoms with Crippen molar-refractivity contribution in [1.29, 1.82) is 0 Å². The van der Waals surface area contributed by atoms with Gasteiger partial charge in [-0.15, -0.1) is 0 Å². The van der Waals surface area contributed by atoms with Crippen LogP contribution in [0.2, 0.25) is 0 Å².